The number of likely N-dealkylation sites (N-methyl/N-ethyl adjacent to an activating group) is 1. The summed E-state index contributed by atoms with van der Waals surface area (Å²) in [5.41, 5.74) is 2.21. The van der Waals surface area contributed by atoms with Crippen LogP contribution in [0.15, 0.2) is 35.6 Å². The average molecular weight is 498 g/mol. The van der Waals surface area contributed by atoms with Crippen LogP contribution < -0.4 is 15.5 Å². The Morgan fingerprint density at radius 2 is 1.89 bits per heavy atom. The minimum Gasteiger partial charge on any atom is -0.357 e. The normalized spacial score (nSPS) is 15.2. The maximum Gasteiger partial charge on any atom is 0.191 e. The molecule has 0 aromatic carbocycles. The number of halogens is 1. The van der Waals surface area contributed by atoms with Gasteiger partial charge in [-0.3, -0.25) is 4.68 Å². The van der Waals surface area contributed by atoms with Gasteiger partial charge in [-0.1, -0.05) is 6.07 Å². The van der Waals surface area contributed by atoms with E-state index in [1.165, 1.54) is 0 Å². The molecule has 0 bridgehead atoms. The van der Waals surface area contributed by atoms with Crippen LogP contribution >= 0.6 is 24.0 Å². The Hall–Kier alpha value is -1.88. The molecule has 2 aromatic rings. The van der Waals surface area contributed by atoms with E-state index in [1.807, 2.05) is 24.0 Å². The molecule has 8 nitrogen and oxygen atoms in total. The van der Waals surface area contributed by atoms with E-state index in [-0.39, 0.29) is 24.0 Å². The van der Waals surface area contributed by atoms with Gasteiger partial charge in [-0.25, -0.2) is 9.98 Å². The highest BCUT2D eigenvalue weighted by Gasteiger charge is 2.14. The minimum atomic E-state index is 0. The zero-order valence-electron chi connectivity index (χ0n) is 16.9. The van der Waals surface area contributed by atoms with Crippen LogP contribution in [0, 0.1) is 0 Å². The Labute approximate surface area is 184 Å². The van der Waals surface area contributed by atoms with E-state index in [9.17, 15) is 0 Å². The van der Waals surface area contributed by atoms with Crippen molar-refractivity contribution in [2.75, 3.05) is 44.7 Å². The highest BCUT2D eigenvalue weighted by Crippen LogP contribution is 2.14. The Kier molecular flexibility index (Phi) is 8.97. The maximum absolute atomic E-state index is 4.67. The first-order chi connectivity index (χ1) is 13.2. The first-order valence-corrected chi connectivity index (χ1v) is 9.53. The molecule has 0 spiro atoms. The number of pyridine rings is 1. The molecular formula is C19H31IN8. The summed E-state index contributed by atoms with van der Waals surface area (Å²) in [6.07, 6.45) is 3.73. The molecule has 2 N–H and O–H groups in total. The predicted octanol–water partition coefficient (Wildman–Crippen LogP) is 1.44. The zero-order chi connectivity index (χ0) is 19.1. The number of hydrogen-bond acceptors (Lipinski definition) is 5. The number of anilines is 1. The van der Waals surface area contributed by atoms with Crippen molar-refractivity contribution in [2.45, 2.75) is 20.0 Å². The van der Waals surface area contributed by atoms with E-state index in [0.717, 1.165) is 55.8 Å². The molecule has 0 atom stereocenters. The number of aromatic nitrogens is 3. The van der Waals surface area contributed by atoms with Gasteiger partial charge < -0.3 is 20.4 Å². The summed E-state index contributed by atoms with van der Waals surface area (Å²) in [6, 6.07) is 6.22. The standard InChI is InChI=1S/C19H30N8.HI/c1-4-20-19(23-15-17-7-8-24-26(17)3)22-14-16-5-6-18(21-13-16)27-11-9-25(2)10-12-27;/h5-8,13H,4,9-12,14-15H2,1-3H3,(H2,20,22,23);1H. The van der Waals surface area contributed by atoms with Crippen molar-refractivity contribution >= 4 is 35.8 Å². The summed E-state index contributed by atoms with van der Waals surface area (Å²) in [6.45, 7) is 8.39. The van der Waals surface area contributed by atoms with Gasteiger partial charge in [0.2, 0.25) is 0 Å². The average Bonchev–Trinajstić information content (AvgIpc) is 3.10. The molecule has 0 radical (unpaired) electrons. The second kappa shape index (κ2) is 11.2. The van der Waals surface area contributed by atoms with Crippen molar-refractivity contribution in [1.29, 1.82) is 0 Å². The second-order valence-electron chi connectivity index (χ2n) is 6.81. The van der Waals surface area contributed by atoms with Crippen molar-refractivity contribution < 1.29 is 0 Å². The summed E-state index contributed by atoms with van der Waals surface area (Å²) in [4.78, 5) is 14.0. The van der Waals surface area contributed by atoms with Gasteiger partial charge in [0.1, 0.15) is 5.82 Å². The Balaban J connectivity index is 0.00000280. The SMILES string of the molecule is CCNC(=NCc1ccc(N2CCN(C)CC2)nc1)NCc1ccnn1C.I. The van der Waals surface area contributed by atoms with E-state index in [1.54, 1.807) is 6.20 Å². The van der Waals surface area contributed by atoms with Gasteiger partial charge in [0, 0.05) is 52.2 Å². The van der Waals surface area contributed by atoms with Crippen LogP contribution in [-0.2, 0) is 20.1 Å². The molecule has 9 heteroatoms. The number of aryl methyl sites for hydroxylation is 1. The molecule has 0 amide bonds. The third-order valence-corrected chi connectivity index (χ3v) is 4.76. The lowest BCUT2D eigenvalue weighted by Gasteiger charge is -2.33. The summed E-state index contributed by atoms with van der Waals surface area (Å²) in [5.74, 6) is 1.85. The number of rotatable bonds is 6. The third kappa shape index (κ3) is 6.33. The predicted molar refractivity (Wildman–Crippen MR) is 124 cm³/mol. The highest BCUT2D eigenvalue weighted by atomic mass is 127. The van der Waals surface area contributed by atoms with E-state index in [0.29, 0.717) is 13.1 Å². The number of aliphatic imine (C=N–C) groups is 1. The number of piperazine rings is 1. The molecule has 1 aliphatic heterocycles. The van der Waals surface area contributed by atoms with Gasteiger partial charge in [0.05, 0.1) is 18.8 Å². The van der Waals surface area contributed by atoms with Crippen LogP contribution in [0.1, 0.15) is 18.2 Å². The Morgan fingerprint density at radius 1 is 1.11 bits per heavy atom. The Bertz CT molecular complexity index is 735. The summed E-state index contributed by atoms with van der Waals surface area (Å²) in [7, 11) is 4.10. The lowest BCUT2D eigenvalue weighted by atomic mass is 10.2. The van der Waals surface area contributed by atoms with Crippen LogP contribution in [0.2, 0.25) is 0 Å². The van der Waals surface area contributed by atoms with Crippen molar-refractivity contribution in [3.05, 3.63) is 41.9 Å². The van der Waals surface area contributed by atoms with Crippen LogP contribution in [0.4, 0.5) is 5.82 Å². The smallest absolute Gasteiger partial charge is 0.191 e. The fourth-order valence-corrected chi connectivity index (χ4v) is 2.99. The van der Waals surface area contributed by atoms with Crippen molar-refractivity contribution in [1.82, 2.24) is 30.3 Å². The monoisotopic (exact) mass is 498 g/mol. The van der Waals surface area contributed by atoms with Crippen LogP contribution in [-0.4, -0.2) is 65.4 Å². The second-order valence-corrected chi connectivity index (χ2v) is 6.81. The summed E-state index contributed by atoms with van der Waals surface area (Å²) < 4.78 is 1.86. The van der Waals surface area contributed by atoms with Crippen LogP contribution in [0.5, 0.6) is 0 Å². The molecule has 1 saturated heterocycles. The van der Waals surface area contributed by atoms with Gasteiger partial charge in [-0.2, -0.15) is 5.10 Å². The van der Waals surface area contributed by atoms with Gasteiger partial charge in [0.15, 0.2) is 5.96 Å². The minimum absolute atomic E-state index is 0. The number of nitrogens with zero attached hydrogens (tertiary/aromatic N) is 6. The maximum atomic E-state index is 4.67. The summed E-state index contributed by atoms with van der Waals surface area (Å²) in [5, 5.41) is 10.8. The molecule has 2 aromatic heterocycles. The lowest BCUT2D eigenvalue weighted by Crippen LogP contribution is -2.44. The first kappa shape index (κ1) is 22.4. The van der Waals surface area contributed by atoms with E-state index in [4.69, 9.17) is 0 Å². The van der Waals surface area contributed by atoms with Crippen molar-refractivity contribution in [3.8, 4) is 0 Å². The molecular weight excluding hydrogens is 467 g/mol. The molecule has 3 heterocycles. The van der Waals surface area contributed by atoms with Gasteiger partial charge in [-0.05, 0) is 31.7 Å². The van der Waals surface area contributed by atoms with Gasteiger partial charge in [-0.15, -0.1) is 24.0 Å². The van der Waals surface area contributed by atoms with Crippen molar-refractivity contribution in [3.63, 3.8) is 0 Å². The zero-order valence-corrected chi connectivity index (χ0v) is 19.3. The first-order valence-electron chi connectivity index (χ1n) is 9.53. The summed E-state index contributed by atoms with van der Waals surface area (Å²) >= 11 is 0. The number of hydrogen-bond donors (Lipinski definition) is 2. The van der Waals surface area contributed by atoms with E-state index < -0.39 is 0 Å². The molecule has 154 valence electrons. The molecule has 1 aliphatic rings. The topological polar surface area (TPSA) is 73.6 Å². The molecule has 28 heavy (non-hydrogen) atoms. The number of nitrogens with one attached hydrogen (secondary N) is 2. The highest BCUT2D eigenvalue weighted by molar-refractivity contribution is 14.0. The molecule has 3 rings (SSSR count). The Morgan fingerprint density at radius 3 is 2.50 bits per heavy atom. The molecule has 0 saturated carbocycles. The van der Waals surface area contributed by atoms with Gasteiger partial charge >= 0.3 is 0 Å². The van der Waals surface area contributed by atoms with Crippen molar-refractivity contribution in [2.24, 2.45) is 12.0 Å². The molecule has 1 fully saturated rings. The quantitative estimate of drug-likeness (QED) is 0.357. The van der Waals surface area contributed by atoms with E-state index >= 15 is 0 Å². The van der Waals surface area contributed by atoms with E-state index in [2.05, 4.69) is 61.6 Å². The lowest BCUT2D eigenvalue weighted by molar-refractivity contribution is 0.312. The van der Waals surface area contributed by atoms with Gasteiger partial charge in [0.25, 0.3) is 0 Å². The molecule has 0 unspecified atom stereocenters. The van der Waals surface area contributed by atoms with Crippen LogP contribution in [0.25, 0.3) is 0 Å². The fourth-order valence-electron chi connectivity index (χ4n) is 2.99. The molecule has 0 aliphatic carbocycles. The van der Waals surface area contributed by atoms with Crippen LogP contribution in [0.3, 0.4) is 0 Å². The third-order valence-electron chi connectivity index (χ3n) is 4.76. The number of guanidine groups is 1. The largest absolute Gasteiger partial charge is 0.357 e. The fraction of sp³-hybridized carbons (Fsp3) is 0.526.